The van der Waals surface area contributed by atoms with Crippen molar-refractivity contribution < 1.29 is 22.7 Å². The predicted molar refractivity (Wildman–Crippen MR) is 109 cm³/mol. The molecule has 158 valence electrons. The van der Waals surface area contributed by atoms with Gasteiger partial charge in [0.15, 0.2) is 21.3 Å². The fraction of sp³-hybridized carbons (Fsp3) is 0.500. The highest BCUT2D eigenvalue weighted by Crippen LogP contribution is 2.29. The Labute approximate surface area is 171 Å². The zero-order chi connectivity index (χ0) is 21.3. The Morgan fingerprint density at radius 2 is 1.93 bits per heavy atom. The number of methoxy groups -OCH3 is 2. The molecule has 0 bridgehead atoms. The van der Waals surface area contributed by atoms with E-state index in [4.69, 9.17) is 9.47 Å². The van der Waals surface area contributed by atoms with Crippen molar-refractivity contribution in [3.8, 4) is 11.5 Å². The molecule has 0 spiro atoms. The number of sulfone groups is 1. The fourth-order valence-corrected chi connectivity index (χ4v) is 5.44. The van der Waals surface area contributed by atoms with Gasteiger partial charge in [0.2, 0.25) is 0 Å². The lowest BCUT2D eigenvalue weighted by Gasteiger charge is -2.19. The molecule has 0 radical (unpaired) electrons. The molecule has 1 fully saturated rings. The average Bonchev–Trinajstić information content (AvgIpc) is 3.19. The molecule has 8 nitrogen and oxygen atoms in total. The Morgan fingerprint density at radius 3 is 2.52 bits per heavy atom. The number of carbonyl (C=O) groups excluding carboxylic acids is 1. The maximum atomic E-state index is 12.9. The van der Waals surface area contributed by atoms with E-state index < -0.39 is 9.84 Å². The van der Waals surface area contributed by atoms with Crippen LogP contribution in [0, 0.1) is 13.8 Å². The van der Waals surface area contributed by atoms with Crippen molar-refractivity contribution in [1.29, 1.82) is 0 Å². The Morgan fingerprint density at radius 1 is 1.24 bits per heavy atom. The molecule has 2 heterocycles. The number of benzene rings is 1. The minimum Gasteiger partial charge on any atom is -0.493 e. The summed E-state index contributed by atoms with van der Waals surface area (Å²) in [6, 6.07) is 4.92. The maximum Gasteiger partial charge on any atom is 0.254 e. The first-order chi connectivity index (χ1) is 13.7. The summed E-state index contributed by atoms with van der Waals surface area (Å²) in [4.78, 5) is 14.5. The van der Waals surface area contributed by atoms with Crippen molar-refractivity contribution in [1.82, 2.24) is 14.7 Å². The number of aromatic nitrogens is 2. The number of amides is 1. The average molecular weight is 422 g/mol. The SMILES string of the molecule is COc1ccc(C(=O)N(C)Cc2c(C)nn([C@H]3CCS(=O)(=O)C3)c2C)cc1OC. The number of ether oxygens (including phenoxy) is 2. The summed E-state index contributed by atoms with van der Waals surface area (Å²) in [5, 5.41) is 4.57. The largest absolute Gasteiger partial charge is 0.493 e. The van der Waals surface area contributed by atoms with Crippen LogP contribution in [0.1, 0.15) is 39.8 Å². The third-order valence-electron chi connectivity index (χ3n) is 5.40. The fourth-order valence-electron chi connectivity index (χ4n) is 3.75. The first-order valence-corrected chi connectivity index (χ1v) is 11.2. The minimum absolute atomic E-state index is 0.120. The number of hydrogen-bond acceptors (Lipinski definition) is 6. The van der Waals surface area contributed by atoms with Gasteiger partial charge >= 0.3 is 0 Å². The second-order valence-corrected chi connectivity index (χ2v) is 9.61. The molecule has 0 unspecified atom stereocenters. The van der Waals surface area contributed by atoms with Gasteiger partial charge in [-0.3, -0.25) is 9.48 Å². The van der Waals surface area contributed by atoms with E-state index in [1.807, 2.05) is 18.5 Å². The van der Waals surface area contributed by atoms with Crippen LogP contribution in [0.15, 0.2) is 18.2 Å². The smallest absolute Gasteiger partial charge is 0.254 e. The molecule has 9 heteroatoms. The summed E-state index contributed by atoms with van der Waals surface area (Å²) in [6.07, 6.45) is 0.574. The van der Waals surface area contributed by atoms with Gasteiger partial charge in [0, 0.05) is 30.4 Å². The minimum atomic E-state index is -3.00. The van der Waals surface area contributed by atoms with Crippen LogP contribution >= 0.6 is 0 Å². The van der Waals surface area contributed by atoms with Crippen LogP contribution in [0.25, 0.3) is 0 Å². The van der Waals surface area contributed by atoms with E-state index in [0.29, 0.717) is 30.0 Å². The first kappa shape index (κ1) is 21.2. The number of hydrogen-bond donors (Lipinski definition) is 0. The van der Waals surface area contributed by atoms with Gasteiger partial charge in [0.25, 0.3) is 5.91 Å². The standard InChI is InChI=1S/C20H27N3O5S/c1-13-17(14(2)23(21-13)16-8-9-29(25,26)12-16)11-22(3)20(24)15-6-7-18(27-4)19(10-15)28-5/h6-7,10,16H,8-9,11-12H2,1-5H3/t16-/m0/s1. The normalized spacial score (nSPS) is 17.9. The van der Waals surface area contributed by atoms with Crippen LogP contribution in [0.2, 0.25) is 0 Å². The molecule has 0 saturated carbocycles. The van der Waals surface area contributed by atoms with Gasteiger partial charge in [-0.2, -0.15) is 5.10 Å². The third kappa shape index (κ3) is 4.24. The molecule has 0 aliphatic carbocycles. The van der Waals surface area contributed by atoms with Gasteiger partial charge in [-0.05, 0) is 38.5 Å². The van der Waals surface area contributed by atoms with Crippen LogP contribution in [-0.4, -0.2) is 61.8 Å². The Bertz CT molecular complexity index is 1030. The van der Waals surface area contributed by atoms with Gasteiger partial charge in [-0.1, -0.05) is 0 Å². The number of nitrogens with zero attached hydrogens (tertiary/aromatic N) is 3. The molecule has 1 atom stereocenters. The van der Waals surface area contributed by atoms with Crippen molar-refractivity contribution >= 4 is 15.7 Å². The van der Waals surface area contributed by atoms with Crippen molar-refractivity contribution in [3.05, 3.63) is 40.7 Å². The van der Waals surface area contributed by atoms with Crippen molar-refractivity contribution in [2.24, 2.45) is 0 Å². The Hall–Kier alpha value is -2.55. The predicted octanol–water partition coefficient (Wildman–Crippen LogP) is 2.15. The third-order valence-corrected chi connectivity index (χ3v) is 7.15. The lowest BCUT2D eigenvalue weighted by atomic mass is 10.1. The van der Waals surface area contributed by atoms with E-state index in [0.717, 1.165) is 17.0 Å². The van der Waals surface area contributed by atoms with Gasteiger partial charge in [0.05, 0.1) is 37.5 Å². The van der Waals surface area contributed by atoms with E-state index >= 15 is 0 Å². The maximum absolute atomic E-state index is 12.9. The second-order valence-electron chi connectivity index (χ2n) is 7.38. The topological polar surface area (TPSA) is 90.7 Å². The highest BCUT2D eigenvalue weighted by molar-refractivity contribution is 7.91. The molecule has 0 N–H and O–H groups in total. The summed E-state index contributed by atoms with van der Waals surface area (Å²) >= 11 is 0. The van der Waals surface area contributed by atoms with Gasteiger partial charge in [0.1, 0.15) is 0 Å². The van der Waals surface area contributed by atoms with E-state index in [2.05, 4.69) is 5.10 Å². The van der Waals surface area contributed by atoms with Crippen LogP contribution < -0.4 is 9.47 Å². The molecule has 1 saturated heterocycles. The summed E-state index contributed by atoms with van der Waals surface area (Å²) in [7, 11) is 1.81. The van der Waals surface area contributed by atoms with Gasteiger partial charge in [-0.25, -0.2) is 8.42 Å². The first-order valence-electron chi connectivity index (χ1n) is 9.39. The molecular weight excluding hydrogens is 394 g/mol. The van der Waals surface area contributed by atoms with Crippen molar-refractivity contribution in [2.45, 2.75) is 32.9 Å². The Balaban J connectivity index is 1.80. The molecule has 3 rings (SSSR count). The molecule has 1 amide bonds. The number of rotatable bonds is 6. The van der Waals surface area contributed by atoms with Crippen molar-refractivity contribution in [3.63, 3.8) is 0 Å². The molecule has 29 heavy (non-hydrogen) atoms. The summed E-state index contributed by atoms with van der Waals surface area (Å²) < 4.78 is 36.0. The lowest BCUT2D eigenvalue weighted by Crippen LogP contribution is -2.26. The van der Waals surface area contributed by atoms with Crippen LogP contribution in [0.3, 0.4) is 0 Å². The monoisotopic (exact) mass is 421 g/mol. The van der Waals surface area contributed by atoms with Gasteiger partial charge < -0.3 is 14.4 Å². The molecular formula is C20H27N3O5S. The molecule has 1 aliphatic rings. The van der Waals surface area contributed by atoms with E-state index in [-0.39, 0.29) is 23.5 Å². The molecule has 1 aliphatic heterocycles. The second kappa shape index (κ2) is 8.06. The van der Waals surface area contributed by atoms with E-state index in [9.17, 15) is 13.2 Å². The van der Waals surface area contributed by atoms with Crippen LogP contribution in [0.4, 0.5) is 0 Å². The molecule has 1 aromatic heterocycles. The highest BCUT2D eigenvalue weighted by atomic mass is 32.2. The van der Waals surface area contributed by atoms with Gasteiger partial charge in [-0.15, -0.1) is 0 Å². The van der Waals surface area contributed by atoms with Crippen molar-refractivity contribution in [2.75, 3.05) is 32.8 Å². The van der Waals surface area contributed by atoms with Crippen LogP contribution in [0.5, 0.6) is 11.5 Å². The molecule has 2 aromatic rings. The lowest BCUT2D eigenvalue weighted by molar-refractivity contribution is 0.0784. The number of carbonyl (C=O) groups is 1. The number of aryl methyl sites for hydroxylation is 1. The quantitative estimate of drug-likeness (QED) is 0.710. The van der Waals surface area contributed by atoms with E-state index in [1.54, 1.807) is 37.3 Å². The zero-order valence-corrected chi connectivity index (χ0v) is 18.2. The summed E-state index contributed by atoms with van der Waals surface area (Å²) in [6.45, 7) is 4.19. The summed E-state index contributed by atoms with van der Waals surface area (Å²) in [5.41, 5.74) is 3.13. The highest BCUT2D eigenvalue weighted by Gasteiger charge is 2.31. The zero-order valence-electron chi connectivity index (χ0n) is 17.4. The Kier molecular flexibility index (Phi) is 5.88. The molecule has 1 aromatic carbocycles. The van der Waals surface area contributed by atoms with E-state index in [1.165, 1.54) is 7.11 Å². The van der Waals surface area contributed by atoms with Crippen LogP contribution in [-0.2, 0) is 16.4 Å². The summed E-state index contributed by atoms with van der Waals surface area (Å²) in [5.74, 6) is 1.22.